The molecule has 1 aliphatic rings. The van der Waals surface area contributed by atoms with Gasteiger partial charge in [-0.1, -0.05) is 18.2 Å². The van der Waals surface area contributed by atoms with Crippen molar-refractivity contribution in [3.05, 3.63) is 95.8 Å². The number of carbonyl (C=O) groups is 1. The molecule has 6 rings (SSSR count). The third kappa shape index (κ3) is 4.00. The summed E-state index contributed by atoms with van der Waals surface area (Å²) in [6, 6.07) is 19.9. The van der Waals surface area contributed by atoms with Crippen molar-refractivity contribution in [1.29, 1.82) is 0 Å². The fourth-order valence-electron chi connectivity index (χ4n) is 4.24. The molecule has 0 saturated carbocycles. The van der Waals surface area contributed by atoms with E-state index in [-0.39, 0.29) is 5.91 Å². The van der Waals surface area contributed by atoms with Crippen molar-refractivity contribution in [2.24, 2.45) is 0 Å². The van der Waals surface area contributed by atoms with Gasteiger partial charge < -0.3 is 20.6 Å². The molecule has 0 bridgehead atoms. The van der Waals surface area contributed by atoms with Gasteiger partial charge in [0.15, 0.2) is 0 Å². The lowest BCUT2D eigenvalue weighted by atomic mass is 10.1. The monoisotopic (exact) mass is 485 g/mol. The molecule has 1 aliphatic heterocycles. The highest BCUT2D eigenvalue weighted by Gasteiger charge is 2.30. The van der Waals surface area contributed by atoms with Crippen molar-refractivity contribution in [3.8, 4) is 11.4 Å². The van der Waals surface area contributed by atoms with Crippen LogP contribution in [0.25, 0.3) is 34.1 Å². The first kappa shape index (κ1) is 21.7. The number of imidazole rings is 1. The van der Waals surface area contributed by atoms with Crippen molar-refractivity contribution >= 4 is 45.7 Å². The van der Waals surface area contributed by atoms with E-state index in [0.717, 1.165) is 34.8 Å². The molecule has 0 saturated heterocycles. The second kappa shape index (κ2) is 8.16. The second-order valence-corrected chi connectivity index (χ2v) is 8.42. The molecule has 0 aliphatic carbocycles. The highest BCUT2D eigenvalue weighted by atomic mass is 19.4. The predicted molar refractivity (Wildman–Crippen MR) is 134 cm³/mol. The molecule has 0 fully saturated rings. The van der Waals surface area contributed by atoms with Crippen LogP contribution in [0.1, 0.15) is 16.8 Å². The smallest absolute Gasteiger partial charge is 0.362 e. The number of rotatable bonds is 4. The van der Waals surface area contributed by atoms with Crippen molar-refractivity contribution < 1.29 is 18.0 Å². The summed E-state index contributed by atoms with van der Waals surface area (Å²) < 4.78 is 39.3. The Balaban J connectivity index is 1.26. The Bertz CT molecular complexity index is 1650. The van der Waals surface area contributed by atoms with E-state index in [2.05, 4.69) is 25.6 Å². The van der Waals surface area contributed by atoms with Crippen LogP contribution in [0.15, 0.2) is 79.0 Å². The van der Waals surface area contributed by atoms with Crippen LogP contribution in [0.2, 0.25) is 0 Å². The minimum Gasteiger partial charge on any atom is -0.362 e. The Hall–Kier alpha value is -4.79. The first-order valence-electron chi connectivity index (χ1n) is 11.1. The summed E-state index contributed by atoms with van der Waals surface area (Å²) in [5, 5.41) is 6.20. The number of aromatic amines is 2. The van der Waals surface area contributed by atoms with Gasteiger partial charge in [-0.2, -0.15) is 13.2 Å². The number of carbonyl (C=O) groups excluding carboxylic acids is 1. The van der Waals surface area contributed by atoms with Crippen LogP contribution in [-0.2, 0) is 11.0 Å². The Labute approximate surface area is 202 Å². The molecule has 3 heterocycles. The number of H-pyrrole nitrogens is 2. The molecule has 0 radical (unpaired) electrons. The Morgan fingerprint density at radius 2 is 1.75 bits per heavy atom. The van der Waals surface area contributed by atoms with Crippen LogP contribution < -0.4 is 10.6 Å². The summed E-state index contributed by atoms with van der Waals surface area (Å²) in [6.45, 7) is 0. The third-order valence-electron chi connectivity index (χ3n) is 5.96. The lowest BCUT2D eigenvalue weighted by Crippen LogP contribution is -2.04. The summed E-state index contributed by atoms with van der Waals surface area (Å²) in [5.74, 6) is 0.188. The third-order valence-corrected chi connectivity index (χ3v) is 5.96. The van der Waals surface area contributed by atoms with Gasteiger partial charge in [0.2, 0.25) is 0 Å². The molecule has 178 valence electrons. The summed E-state index contributed by atoms with van der Waals surface area (Å²) in [7, 11) is 0. The summed E-state index contributed by atoms with van der Waals surface area (Å²) in [5.41, 5.74) is 5.41. The van der Waals surface area contributed by atoms with E-state index in [4.69, 9.17) is 0 Å². The number of hydrogen-bond donors (Lipinski definition) is 4. The van der Waals surface area contributed by atoms with Crippen LogP contribution in [0.4, 0.5) is 30.2 Å². The normalized spacial score (nSPS) is 14.3. The molecule has 9 heteroatoms. The van der Waals surface area contributed by atoms with Crippen molar-refractivity contribution in [1.82, 2.24) is 15.0 Å². The standard InChI is InChI=1S/C27H18F3N5O/c28-27(29,30)16-4-1-3-15(11-16)25-33-22-9-7-19(14-24(22)34-25)32-18-6-8-20-21(12-17-5-2-10-31-17)26(36)35-23(20)13-18/h1-14,31-32H,(H,33,34)(H,35,36)/b21-12-. The van der Waals surface area contributed by atoms with E-state index < -0.39 is 11.7 Å². The minimum absolute atomic E-state index is 0.169. The summed E-state index contributed by atoms with van der Waals surface area (Å²) in [6.07, 6.45) is -0.818. The molecule has 6 nitrogen and oxygen atoms in total. The van der Waals surface area contributed by atoms with E-state index in [0.29, 0.717) is 33.7 Å². The fourth-order valence-corrected chi connectivity index (χ4v) is 4.24. The van der Waals surface area contributed by atoms with Crippen LogP contribution in [0.3, 0.4) is 0 Å². The fraction of sp³-hybridized carbons (Fsp3) is 0.0370. The molecular formula is C27H18F3N5O. The molecule has 2 aromatic heterocycles. The van der Waals surface area contributed by atoms with Gasteiger partial charge in [-0.3, -0.25) is 4.79 Å². The number of benzene rings is 3. The van der Waals surface area contributed by atoms with Crippen molar-refractivity contribution in [2.45, 2.75) is 6.18 Å². The van der Waals surface area contributed by atoms with Crippen LogP contribution >= 0.6 is 0 Å². The molecule has 5 aromatic rings. The average Bonchev–Trinajstić information content (AvgIpc) is 3.58. The van der Waals surface area contributed by atoms with E-state index >= 15 is 0 Å². The molecule has 0 atom stereocenters. The Morgan fingerprint density at radius 1 is 0.917 bits per heavy atom. The van der Waals surface area contributed by atoms with Gasteiger partial charge in [0.25, 0.3) is 5.91 Å². The van der Waals surface area contributed by atoms with Crippen molar-refractivity contribution in [3.63, 3.8) is 0 Å². The summed E-state index contributed by atoms with van der Waals surface area (Å²) in [4.78, 5) is 23.1. The van der Waals surface area contributed by atoms with E-state index in [1.165, 1.54) is 6.07 Å². The van der Waals surface area contributed by atoms with Crippen LogP contribution in [0, 0.1) is 0 Å². The minimum atomic E-state index is -4.42. The van der Waals surface area contributed by atoms with Gasteiger partial charge >= 0.3 is 6.18 Å². The molecule has 0 spiro atoms. The van der Waals surface area contributed by atoms with Crippen LogP contribution in [-0.4, -0.2) is 20.9 Å². The number of anilines is 3. The van der Waals surface area contributed by atoms with Crippen LogP contribution in [0.5, 0.6) is 0 Å². The number of nitrogens with zero attached hydrogens (tertiary/aromatic N) is 1. The number of aromatic nitrogens is 3. The highest BCUT2D eigenvalue weighted by Crippen LogP contribution is 2.36. The van der Waals surface area contributed by atoms with Gasteiger partial charge in [-0.15, -0.1) is 0 Å². The van der Waals surface area contributed by atoms with E-state index in [1.54, 1.807) is 18.3 Å². The first-order valence-corrected chi connectivity index (χ1v) is 11.1. The maximum absolute atomic E-state index is 13.1. The molecule has 1 amide bonds. The highest BCUT2D eigenvalue weighted by molar-refractivity contribution is 6.35. The largest absolute Gasteiger partial charge is 0.416 e. The topological polar surface area (TPSA) is 85.6 Å². The Morgan fingerprint density at radius 3 is 2.56 bits per heavy atom. The predicted octanol–water partition coefficient (Wildman–Crippen LogP) is 6.81. The van der Waals surface area contributed by atoms with E-state index in [1.807, 2.05) is 48.5 Å². The number of alkyl halides is 3. The number of hydrogen-bond acceptors (Lipinski definition) is 3. The number of fused-ring (bicyclic) bond motifs is 2. The molecule has 4 N–H and O–H groups in total. The zero-order valence-electron chi connectivity index (χ0n) is 18.6. The number of nitrogens with one attached hydrogen (secondary N) is 4. The second-order valence-electron chi connectivity index (χ2n) is 8.42. The van der Waals surface area contributed by atoms with Gasteiger partial charge in [-0.05, 0) is 60.7 Å². The SMILES string of the molecule is O=C1Nc2cc(Nc3ccc4nc(-c5cccc(C(F)(F)F)c5)[nH]c4c3)ccc2/C1=C/c1ccc[nH]1. The molecule has 0 unspecified atom stereocenters. The van der Waals surface area contributed by atoms with Gasteiger partial charge in [-0.25, -0.2) is 4.98 Å². The first-order chi connectivity index (χ1) is 17.3. The Kier molecular flexibility index (Phi) is 4.92. The lowest BCUT2D eigenvalue weighted by molar-refractivity contribution is -0.137. The number of halogens is 3. The molecular weight excluding hydrogens is 467 g/mol. The molecule has 3 aromatic carbocycles. The lowest BCUT2D eigenvalue weighted by Gasteiger charge is -2.08. The van der Waals surface area contributed by atoms with Gasteiger partial charge in [0, 0.05) is 34.4 Å². The van der Waals surface area contributed by atoms with Crippen molar-refractivity contribution in [2.75, 3.05) is 10.6 Å². The average molecular weight is 485 g/mol. The zero-order chi connectivity index (χ0) is 24.9. The van der Waals surface area contributed by atoms with Gasteiger partial charge in [0.1, 0.15) is 5.82 Å². The molecule has 36 heavy (non-hydrogen) atoms. The maximum atomic E-state index is 13.1. The maximum Gasteiger partial charge on any atom is 0.416 e. The van der Waals surface area contributed by atoms with E-state index in [9.17, 15) is 18.0 Å². The zero-order valence-corrected chi connectivity index (χ0v) is 18.6. The number of amides is 1. The quantitative estimate of drug-likeness (QED) is 0.211. The summed E-state index contributed by atoms with van der Waals surface area (Å²) >= 11 is 0. The van der Waals surface area contributed by atoms with Gasteiger partial charge in [0.05, 0.1) is 27.9 Å².